The molecule has 1 fully saturated rings. The molecule has 8 heteroatoms. The minimum Gasteiger partial charge on any atom is -0.346 e. The third-order valence-corrected chi connectivity index (χ3v) is 7.31. The van der Waals surface area contributed by atoms with Gasteiger partial charge in [-0.15, -0.1) is 0 Å². The monoisotopic (exact) mass is 414 g/mol. The highest BCUT2D eigenvalue weighted by atomic mass is 32.2. The number of anilines is 1. The average Bonchev–Trinajstić information content (AvgIpc) is 2.71. The van der Waals surface area contributed by atoms with Gasteiger partial charge in [0.15, 0.2) is 5.11 Å². The van der Waals surface area contributed by atoms with E-state index in [1.807, 2.05) is 43.0 Å². The Hall–Kier alpha value is -2.47. The second-order valence-corrected chi connectivity index (χ2v) is 8.97. The van der Waals surface area contributed by atoms with Gasteiger partial charge in [-0.25, -0.2) is 8.42 Å². The molecule has 0 radical (unpaired) electrons. The van der Waals surface area contributed by atoms with E-state index >= 15 is 0 Å². The number of hydrogen-bond donors (Lipinski definition) is 1. The van der Waals surface area contributed by atoms with Crippen molar-refractivity contribution in [1.29, 1.82) is 5.26 Å². The lowest BCUT2D eigenvalue weighted by Crippen LogP contribution is -2.51. The highest BCUT2D eigenvalue weighted by Gasteiger charge is 2.30. The van der Waals surface area contributed by atoms with Crippen LogP contribution in [0.2, 0.25) is 0 Å². The van der Waals surface area contributed by atoms with Crippen LogP contribution in [0.15, 0.2) is 47.4 Å². The Balaban J connectivity index is 1.68. The summed E-state index contributed by atoms with van der Waals surface area (Å²) < 4.78 is 27.3. The van der Waals surface area contributed by atoms with Crippen LogP contribution in [0.5, 0.6) is 0 Å². The second kappa shape index (κ2) is 8.27. The van der Waals surface area contributed by atoms with Crippen molar-refractivity contribution in [2.75, 3.05) is 31.5 Å². The molecule has 146 valence electrons. The first-order chi connectivity index (χ1) is 13.3. The molecular weight excluding hydrogens is 392 g/mol. The van der Waals surface area contributed by atoms with Gasteiger partial charge in [0, 0.05) is 31.9 Å². The standard InChI is InChI=1S/C20H22N4O2S2/c1-15-6-5-8-18(16(15)2)22-20(27)23-10-12-24(13-11-23)28(25,26)19-9-4-3-7-17(19)14-21/h3-9H,10-13H2,1-2H3,(H,22,27). The summed E-state index contributed by atoms with van der Waals surface area (Å²) in [6.45, 7) is 5.70. The Morgan fingerprint density at radius 2 is 1.75 bits per heavy atom. The molecule has 0 aliphatic carbocycles. The Morgan fingerprint density at radius 1 is 1.07 bits per heavy atom. The molecule has 28 heavy (non-hydrogen) atoms. The lowest BCUT2D eigenvalue weighted by atomic mass is 10.1. The smallest absolute Gasteiger partial charge is 0.244 e. The number of nitriles is 1. The Kier molecular flexibility index (Phi) is 5.98. The molecule has 1 saturated heterocycles. The SMILES string of the molecule is Cc1cccc(NC(=S)N2CCN(S(=O)(=O)c3ccccc3C#N)CC2)c1C. The molecule has 0 aromatic heterocycles. The van der Waals surface area contributed by atoms with E-state index in [4.69, 9.17) is 12.2 Å². The van der Waals surface area contributed by atoms with Crippen LogP contribution in [-0.2, 0) is 10.0 Å². The molecule has 0 amide bonds. The van der Waals surface area contributed by atoms with Crippen LogP contribution < -0.4 is 5.32 Å². The number of piperazine rings is 1. The molecule has 1 heterocycles. The third kappa shape index (κ3) is 4.02. The van der Waals surface area contributed by atoms with Crippen molar-refractivity contribution >= 4 is 33.0 Å². The van der Waals surface area contributed by atoms with Gasteiger partial charge in [0.25, 0.3) is 0 Å². The molecule has 1 aliphatic rings. The number of nitrogens with zero attached hydrogens (tertiary/aromatic N) is 3. The number of benzene rings is 2. The van der Waals surface area contributed by atoms with Gasteiger partial charge >= 0.3 is 0 Å². The molecule has 2 aromatic rings. The fourth-order valence-corrected chi connectivity index (χ4v) is 4.99. The summed E-state index contributed by atoms with van der Waals surface area (Å²) in [5, 5.41) is 13.1. The number of rotatable bonds is 3. The molecule has 2 aromatic carbocycles. The summed E-state index contributed by atoms with van der Waals surface area (Å²) >= 11 is 5.53. The van der Waals surface area contributed by atoms with Crippen LogP contribution in [0.4, 0.5) is 5.69 Å². The lowest BCUT2D eigenvalue weighted by Gasteiger charge is -2.35. The average molecular weight is 415 g/mol. The highest BCUT2D eigenvalue weighted by molar-refractivity contribution is 7.89. The summed E-state index contributed by atoms with van der Waals surface area (Å²) in [7, 11) is -3.70. The molecule has 0 unspecified atom stereocenters. The van der Waals surface area contributed by atoms with Crippen molar-refractivity contribution in [2.45, 2.75) is 18.7 Å². The van der Waals surface area contributed by atoms with E-state index in [-0.39, 0.29) is 10.5 Å². The quantitative estimate of drug-likeness (QED) is 0.779. The Labute approximate surface area is 171 Å². The van der Waals surface area contributed by atoms with Gasteiger partial charge in [0.1, 0.15) is 6.07 Å². The zero-order valence-electron chi connectivity index (χ0n) is 15.8. The van der Waals surface area contributed by atoms with Crippen molar-refractivity contribution in [3.05, 3.63) is 59.2 Å². The van der Waals surface area contributed by atoms with E-state index in [9.17, 15) is 13.7 Å². The minimum atomic E-state index is -3.70. The zero-order chi connectivity index (χ0) is 20.3. The zero-order valence-corrected chi connectivity index (χ0v) is 17.5. The molecular formula is C20H22N4O2S2. The van der Waals surface area contributed by atoms with E-state index in [0.717, 1.165) is 11.3 Å². The summed E-state index contributed by atoms with van der Waals surface area (Å²) in [6, 6.07) is 14.3. The number of nitrogens with one attached hydrogen (secondary N) is 1. The number of sulfonamides is 1. The maximum atomic E-state index is 12.9. The normalized spacial score (nSPS) is 15.1. The third-order valence-electron chi connectivity index (χ3n) is 5.00. The van der Waals surface area contributed by atoms with Gasteiger partial charge in [-0.3, -0.25) is 0 Å². The molecule has 0 atom stereocenters. The summed E-state index contributed by atoms with van der Waals surface area (Å²) in [5.41, 5.74) is 3.44. The van der Waals surface area contributed by atoms with Crippen molar-refractivity contribution in [1.82, 2.24) is 9.21 Å². The van der Waals surface area contributed by atoms with E-state index in [1.165, 1.54) is 22.0 Å². The van der Waals surface area contributed by atoms with Gasteiger partial charge < -0.3 is 10.2 Å². The van der Waals surface area contributed by atoms with E-state index in [1.54, 1.807) is 12.1 Å². The van der Waals surface area contributed by atoms with Crippen LogP contribution in [0.3, 0.4) is 0 Å². The van der Waals surface area contributed by atoms with Crippen LogP contribution in [0.1, 0.15) is 16.7 Å². The number of hydrogen-bond acceptors (Lipinski definition) is 4. The van der Waals surface area contributed by atoms with Gasteiger partial charge in [0.2, 0.25) is 10.0 Å². The Morgan fingerprint density at radius 3 is 2.43 bits per heavy atom. The number of thiocarbonyl (C=S) groups is 1. The molecule has 0 spiro atoms. The van der Waals surface area contributed by atoms with Crippen molar-refractivity contribution < 1.29 is 8.42 Å². The fourth-order valence-electron chi connectivity index (χ4n) is 3.14. The first kappa shape index (κ1) is 20.3. The molecule has 6 nitrogen and oxygen atoms in total. The molecule has 1 aliphatic heterocycles. The minimum absolute atomic E-state index is 0.0574. The van der Waals surface area contributed by atoms with Crippen molar-refractivity contribution in [3.63, 3.8) is 0 Å². The molecule has 1 N–H and O–H groups in total. The topological polar surface area (TPSA) is 76.4 Å². The predicted molar refractivity (Wildman–Crippen MR) is 114 cm³/mol. The van der Waals surface area contributed by atoms with Gasteiger partial charge in [-0.1, -0.05) is 24.3 Å². The number of aryl methyl sites for hydroxylation is 1. The van der Waals surface area contributed by atoms with Crippen LogP contribution >= 0.6 is 12.2 Å². The molecule has 0 bridgehead atoms. The second-order valence-electron chi connectivity index (χ2n) is 6.68. The van der Waals surface area contributed by atoms with Crippen LogP contribution in [0, 0.1) is 25.2 Å². The van der Waals surface area contributed by atoms with Crippen LogP contribution in [-0.4, -0.2) is 48.9 Å². The highest BCUT2D eigenvalue weighted by Crippen LogP contribution is 2.22. The first-order valence-corrected chi connectivity index (χ1v) is 10.8. The van der Waals surface area contributed by atoms with Gasteiger partial charge in [0.05, 0.1) is 10.5 Å². The predicted octanol–water partition coefficient (Wildman–Crippen LogP) is 2.88. The summed E-state index contributed by atoms with van der Waals surface area (Å²) in [5.74, 6) is 0. The van der Waals surface area contributed by atoms with E-state index in [2.05, 4.69) is 5.32 Å². The lowest BCUT2D eigenvalue weighted by molar-refractivity contribution is 0.268. The van der Waals surface area contributed by atoms with Crippen molar-refractivity contribution in [2.24, 2.45) is 0 Å². The van der Waals surface area contributed by atoms with Crippen molar-refractivity contribution in [3.8, 4) is 6.07 Å². The maximum absolute atomic E-state index is 12.9. The molecule has 0 saturated carbocycles. The fraction of sp³-hybridized carbons (Fsp3) is 0.300. The Bertz CT molecular complexity index is 1040. The van der Waals surface area contributed by atoms with Gasteiger partial charge in [-0.2, -0.15) is 9.57 Å². The van der Waals surface area contributed by atoms with Crippen LogP contribution in [0.25, 0.3) is 0 Å². The summed E-state index contributed by atoms with van der Waals surface area (Å²) in [6.07, 6.45) is 0. The molecule has 3 rings (SSSR count). The van der Waals surface area contributed by atoms with E-state index in [0.29, 0.717) is 31.3 Å². The van der Waals surface area contributed by atoms with Gasteiger partial charge in [-0.05, 0) is 55.4 Å². The summed E-state index contributed by atoms with van der Waals surface area (Å²) in [4.78, 5) is 2.03. The van der Waals surface area contributed by atoms with E-state index < -0.39 is 10.0 Å². The first-order valence-electron chi connectivity index (χ1n) is 8.96. The maximum Gasteiger partial charge on any atom is 0.244 e. The largest absolute Gasteiger partial charge is 0.346 e.